The van der Waals surface area contributed by atoms with E-state index in [1.807, 2.05) is 4.31 Å². The van der Waals surface area contributed by atoms with Gasteiger partial charge in [0.25, 0.3) is 0 Å². The molecule has 4 heteroatoms. The van der Waals surface area contributed by atoms with E-state index >= 15 is 0 Å². The van der Waals surface area contributed by atoms with Crippen LogP contribution in [0.3, 0.4) is 0 Å². The van der Waals surface area contributed by atoms with Crippen LogP contribution in [0.15, 0.2) is 0 Å². The lowest BCUT2D eigenvalue weighted by Crippen LogP contribution is -2.29. The van der Waals surface area contributed by atoms with Gasteiger partial charge in [-0.05, 0) is 13.0 Å². The molecule has 1 fully saturated rings. The zero-order chi connectivity index (χ0) is 7.40. The molecule has 0 aromatic rings. The van der Waals surface area contributed by atoms with Crippen molar-refractivity contribution in [2.75, 3.05) is 32.4 Å². The van der Waals surface area contributed by atoms with Gasteiger partial charge in [0.2, 0.25) is 0 Å². The van der Waals surface area contributed by atoms with Gasteiger partial charge in [-0.2, -0.15) is 0 Å². The van der Waals surface area contributed by atoms with Crippen molar-refractivity contribution in [3.8, 4) is 0 Å². The Morgan fingerprint density at radius 2 is 2.20 bits per heavy atom. The van der Waals surface area contributed by atoms with Gasteiger partial charge < -0.3 is 5.32 Å². The second kappa shape index (κ2) is 4.05. The van der Waals surface area contributed by atoms with E-state index in [1.165, 1.54) is 0 Å². The van der Waals surface area contributed by atoms with Crippen LogP contribution in [0, 0.1) is 0 Å². The number of hydrogen-bond acceptors (Lipinski definition) is 2. The average molecular weight is 162 g/mol. The SMILES string of the molecule is CS(=O)N1CCCNCC1. The summed E-state index contributed by atoms with van der Waals surface area (Å²) >= 11 is 0. The molecule has 0 bridgehead atoms. The number of rotatable bonds is 1. The van der Waals surface area contributed by atoms with Gasteiger partial charge in [0.05, 0.1) is 11.0 Å². The number of hydrogen-bond donors (Lipinski definition) is 1. The Morgan fingerprint density at radius 1 is 1.40 bits per heavy atom. The molecule has 1 unspecified atom stereocenters. The van der Waals surface area contributed by atoms with Crippen molar-refractivity contribution < 1.29 is 4.21 Å². The second-order valence-electron chi connectivity index (χ2n) is 2.46. The highest BCUT2D eigenvalue weighted by Crippen LogP contribution is 1.96. The Bertz CT molecular complexity index is 121. The van der Waals surface area contributed by atoms with E-state index in [9.17, 15) is 4.21 Å². The smallest absolute Gasteiger partial charge is 0.0911 e. The summed E-state index contributed by atoms with van der Waals surface area (Å²) < 4.78 is 13.0. The maximum absolute atomic E-state index is 11.0. The highest BCUT2D eigenvalue weighted by Gasteiger charge is 2.09. The van der Waals surface area contributed by atoms with Crippen LogP contribution in [0.4, 0.5) is 0 Å². The molecule has 1 N–H and O–H groups in total. The molecular formula is C6H14N2OS. The Morgan fingerprint density at radius 3 is 2.90 bits per heavy atom. The first-order valence-electron chi connectivity index (χ1n) is 3.60. The van der Waals surface area contributed by atoms with Gasteiger partial charge in [0, 0.05) is 25.9 Å². The predicted octanol–water partition coefficient (Wildman–Crippen LogP) is -0.425. The highest BCUT2D eigenvalue weighted by atomic mass is 32.2. The van der Waals surface area contributed by atoms with Crippen LogP contribution in [-0.2, 0) is 11.0 Å². The lowest BCUT2D eigenvalue weighted by atomic mass is 10.4. The van der Waals surface area contributed by atoms with Crippen LogP contribution < -0.4 is 5.32 Å². The fourth-order valence-corrected chi connectivity index (χ4v) is 1.81. The van der Waals surface area contributed by atoms with E-state index in [0.29, 0.717) is 0 Å². The number of nitrogens with one attached hydrogen (secondary N) is 1. The molecule has 0 radical (unpaired) electrons. The van der Waals surface area contributed by atoms with Gasteiger partial charge in [0.1, 0.15) is 0 Å². The summed E-state index contributed by atoms with van der Waals surface area (Å²) in [6, 6.07) is 0. The molecule has 0 aromatic heterocycles. The van der Waals surface area contributed by atoms with Crippen LogP contribution in [0.1, 0.15) is 6.42 Å². The van der Waals surface area contributed by atoms with E-state index in [-0.39, 0.29) is 0 Å². The van der Waals surface area contributed by atoms with Gasteiger partial charge in [-0.1, -0.05) is 0 Å². The Hall–Kier alpha value is 0.0700. The largest absolute Gasteiger partial charge is 0.315 e. The fraction of sp³-hybridized carbons (Fsp3) is 1.00. The summed E-state index contributed by atoms with van der Waals surface area (Å²) in [5.74, 6) is 0. The molecule has 1 saturated heterocycles. The highest BCUT2D eigenvalue weighted by molar-refractivity contribution is 7.81. The first-order valence-corrected chi connectivity index (χ1v) is 5.11. The van der Waals surface area contributed by atoms with Gasteiger partial charge in [0.15, 0.2) is 0 Å². The Labute approximate surface area is 64.4 Å². The first kappa shape index (κ1) is 8.17. The molecule has 1 atom stereocenters. The van der Waals surface area contributed by atoms with Crippen LogP contribution in [-0.4, -0.2) is 40.9 Å². The topological polar surface area (TPSA) is 32.3 Å². The summed E-state index contributed by atoms with van der Waals surface area (Å²) in [6.07, 6.45) is 2.85. The standard InChI is InChI=1S/C6H14N2OS/c1-10(9)8-5-2-3-7-4-6-8/h7H,2-6H2,1H3. The predicted molar refractivity (Wildman–Crippen MR) is 43.1 cm³/mol. The second-order valence-corrected chi connectivity index (χ2v) is 3.82. The van der Waals surface area contributed by atoms with Crippen molar-refractivity contribution in [2.45, 2.75) is 6.42 Å². The third kappa shape index (κ3) is 2.36. The van der Waals surface area contributed by atoms with Crippen LogP contribution in [0.25, 0.3) is 0 Å². The van der Waals surface area contributed by atoms with E-state index < -0.39 is 11.0 Å². The maximum atomic E-state index is 11.0. The zero-order valence-electron chi connectivity index (χ0n) is 6.30. The van der Waals surface area contributed by atoms with Gasteiger partial charge in [-0.15, -0.1) is 0 Å². The van der Waals surface area contributed by atoms with E-state index in [2.05, 4.69) is 5.32 Å². The molecule has 1 aliphatic heterocycles. The van der Waals surface area contributed by atoms with E-state index in [4.69, 9.17) is 0 Å². The van der Waals surface area contributed by atoms with Crippen molar-refractivity contribution in [2.24, 2.45) is 0 Å². The fourth-order valence-electron chi connectivity index (χ4n) is 1.08. The van der Waals surface area contributed by atoms with Gasteiger partial charge in [-0.3, -0.25) is 0 Å². The third-order valence-corrected chi connectivity index (χ3v) is 2.76. The molecule has 0 spiro atoms. The Balaban J connectivity index is 2.35. The summed E-state index contributed by atoms with van der Waals surface area (Å²) in [4.78, 5) is 0. The molecule has 0 amide bonds. The lowest BCUT2D eigenvalue weighted by molar-refractivity contribution is 0.474. The normalized spacial score (nSPS) is 25.7. The molecule has 1 heterocycles. The summed E-state index contributed by atoms with van der Waals surface area (Å²) in [6.45, 7) is 3.92. The third-order valence-electron chi connectivity index (χ3n) is 1.66. The summed E-state index contributed by atoms with van der Waals surface area (Å²) in [5.41, 5.74) is 0. The molecule has 1 rings (SSSR count). The van der Waals surface area contributed by atoms with E-state index in [1.54, 1.807) is 6.26 Å². The summed E-state index contributed by atoms with van der Waals surface area (Å²) in [7, 11) is -0.770. The molecule has 0 aromatic carbocycles. The van der Waals surface area contributed by atoms with Crippen molar-refractivity contribution in [3.05, 3.63) is 0 Å². The van der Waals surface area contributed by atoms with Crippen molar-refractivity contribution in [3.63, 3.8) is 0 Å². The maximum Gasteiger partial charge on any atom is 0.0911 e. The minimum Gasteiger partial charge on any atom is -0.315 e. The zero-order valence-corrected chi connectivity index (χ0v) is 7.12. The van der Waals surface area contributed by atoms with Crippen LogP contribution in [0.2, 0.25) is 0 Å². The molecule has 0 aliphatic carbocycles. The van der Waals surface area contributed by atoms with E-state index in [0.717, 1.165) is 32.6 Å². The molecular weight excluding hydrogens is 148 g/mol. The van der Waals surface area contributed by atoms with Crippen LogP contribution >= 0.6 is 0 Å². The molecule has 60 valence electrons. The minimum atomic E-state index is -0.770. The van der Waals surface area contributed by atoms with Crippen LogP contribution in [0.5, 0.6) is 0 Å². The first-order chi connectivity index (χ1) is 4.80. The Kier molecular flexibility index (Phi) is 3.31. The molecule has 3 nitrogen and oxygen atoms in total. The molecule has 1 aliphatic rings. The van der Waals surface area contributed by atoms with Gasteiger partial charge in [-0.25, -0.2) is 8.51 Å². The average Bonchev–Trinajstić information content (AvgIpc) is 2.12. The van der Waals surface area contributed by atoms with Crippen molar-refractivity contribution in [1.29, 1.82) is 0 Å². The monoisotopic (exact) mass is 162 g/mol. The number of nitrogens with zero attached hydrogens (tertiary/aromatic N) is 1. The summed E-state index contributed by atoms with van der Waals surface area (Å²) in [5, 5.41) is 3.26. The lowest BCUT2D eigenvalue weighted by Gasteiger charge is -2.14. The minimum absolute atomic E-state index is 0.770. The van der Waals surface area contributed by atoms with Crippen molar-refractivity contribution in [1.82, 2.24) is 9.62 Å². The van der Waals surface area contributed by atoms with Gasteiger partial charge >= 0.3 is 0 Å². The molecule has 0 saturated carbocycles. The van der Waals surface area contributed by atoms with Crippen molar-refractivity contribution >= 4 is 11.0 Å². The molecule has 10 heavy (non-hydrogen) atoms. The quantitative estimate of drug-likeness (QED) is 0.568.